The highest BCUT2D eigenvalue weighted by Crippen LogP contribution is 2.40. The summed E-state index contributed by atoms with van der Waals surface area (Å²) in [6, 6.07) is 7.85. The molecule has 1 heterocycles. The van der Waals surface area contributed by atoms with Crippen LogP contribution in [0.4, 0.5) is 32.4 Å². The molecule has 0 saturated heterocycles. The van der Waals surface area contributed by atoms with Crippen molar-refractivity contribution < 1.29 is 31.9 Å². The van der Waals surface area contributed by atoms with Crippen molar-refractivity contribution in [2.24, 2.45) is 11.3 Å². The van der Waals surface area contributed by atoms with Crippen LogP contribution in [0, 0.1) is 11.3 Å². The highest BCUT2D eigenvalue weighted by atomic mass is 19.4. The van der Waals surface area contributed by atoms with Crippen LogP contribution in [0.5, 0.6) is 0 Å². The molecule has 1 aromatic heterocycles. The van der Waals surface area contributed by atoms with Crippen LogP contribution >= 0.6 is 0 Å². The fourth-order valence-corrected chi connectivity index (χ4v) is 5.59. The molecule has 238 valence electrons. The minimum absolute atomic E-state index is 0.0844. The second-order valence-electron chi connectivity index (χ2n) is 12.3. The van der Waals surface area contributed by atoms with Crippen LogP contribution in [0.1, 0.15) is 80.6 Å². The Bertz CT molecular complexity index is 1410. The van der Waals surface area contributed by atoms with Gasteiger partial charge in [0, 0.05) is 30.3 Å². The minimum atomic E-state index is -4.91. The molecule has 1 unspecified atom stereocenters. The van der Waals surface area contributed by atoms with Gasteiger partial charge in [-0.1, -0.05) is 56.8 Å². The van der Waals surface area contributed by atoms with Gasteiger partial charge in [0.1, 0.15) is 0 Å². The molecule has 2 amide bonds. The van der Waals surface area contributed by atoms with E-state index in [-0.39, 0.29) is 30.5 Å². The molecule has 0 radical (unpaired) electrons. The van der Waals surface area contributed by atoms with E-state index >= 15 is 0 Å². The number of alkyl halides is 5. The predicted molar refractivity (Wildman–Crippen MR) is 155 cm³/mol. The third-order valence-electron chi connectivity index (χ3n) is 8.26. The minimum Gasteiger partial charge on any atom is -0.388 e. The number of carbonyl (C=O) groups excluding carboxylic acids is 1. The quantitative estimate of drug-likeness (QED) is 0.171. The third-order valence-corrected chi connectivity index (χ3v) is 8.26. The Kier molecular flexibility index (Phi) is 9.77. The first-order valence-corrected chi connectivity index (χ1v) is 14.4. The molecule has 4 rings (SSSR count). The van der Waals surface area contributed by atoms with Gasteiger partial charge in [0.15, 0.2) is 5.82 Å². The lowest BCUT2D eigenvalue weighted by atomic mass is 9.71. The number of hydrogen-bond acceptors (Lipinski definition) is 5. The molecular weight excluding hydrogens is 583 g/mol. The van der Waals surface area contributed by atoms with Crippen molar-refractivity contribution in [3.8, 4) is 0 Å². The van der Waals surface area contributed by atoms with Gasteiger partial charge in [0.05, 0.1) is 11.7 Å². The van der Waals surface area contributed by atoms with Crippen molar-refractivity contribution in [1.29, 1.82) is 0 Å². The van der Waals surface area contributed by atoms with Gasteiger partial charge >= 0.3 is 12.2 Å². The molecular formula is C31H37F5N6O2. The second kappa shape index (κ2) is 13.0. The zero-order valence-corrected chi connectivity index (χ0v) is 24.8. The zero-order chi connectivity index (χ0) is 32.3. The Labute approximate surface area is 252 Å². The number of H-pyrrole nitrogens is 1. The highest BCUT2D eigenvalue weighted by molar-refractivity contribution is 5.90. The Hall–Kier alpha value is -3.87. The van der Waals surface area contributed by atoms with Crippen molar-refractivity contribution in [3.63, 3.8) is 0 Å². The average molecular weight is 621 g/mol. The van der Waals surface area contributed by atoms with Gasteiger partial charge in [-0.05, 0) is 72.4 Å². The molecule has 13 heteroatoms. The number of tetrazole rings is 1. The van der Waals surface area contributed by atoms with Gasteiger partial charge < -0.3 is 15.3 Å². The summed E-state index contributed by atoms with van der Waals surface area (Å²) in [6.45, 7) is 9.65. The monoisotopic (exact) mass is 620 g/mol. The number of amides is 2. The Balaban J connectivity index is 1.59. The first-order valence-electron chi connectivity index (χ1n) is 14.4. The van der Waals surface area contributed by atoms with E-state index in [2.05, 4.69) is 53.3 Å². The summed E-state index contributed by atoms with van der Waals surface area (Å²) in [5.41, 5.74) is -1.23. The van der Waals surface area contributed by atoms with Crippen LogP contribution in [0.15, 0.2) is 55.1 Å². The number of benzene rings is 2. The Morgan fingerprint density at radius 1 is 1.07 bits per heavy atom. The van der Waals surface area contributed by atoms with Gasteiger partial charge in [-0.25, -0.2) is 4.79 Å². The lowest BCUT2D eigenvalue weighted by molar-refractivity contribution is -0.137. The van der Waals surface area contributed by atoms with Gasteiger partial charge in [-0.3, -0.25) is 0 Å². The summed E-state index contributed by atoms with van der Waals surface area (Å²) >= 11 is 0. The van der Waals surface area contributed by atoms with E-state index in [4.69, 9.17) is 0 Å². The molecule has 1 aliphatic rings. The summed E-state index contributed by atoms with van der Waals surface area (Å²) in [6.07, 6.45) is -2.32. The summed E-state index contributed by atoms with van der Waals surface area (Å²) in [7, 11) is 0. The first-order chi connectivity index (χ1) is 20.6. The van der Waals surface area contributed by atoms with Gasteiger partial charge in [-0.15, -0.1) is 10.2 Å². The van der Waals surface area contributed by atoms with Gasteiger partial charge in [0.2, 0.25) is 0 Å². The number of nitrogens with one attached hydrogen (secondary N) is 2. The van der Waals surface area contributed by atoms with E-state index < -0.39 is 41.0 Å². The molecule has 3 aromatic rings. The topological polar surface area (TPSA) is 107 Å². The van der Waals surface area contributed by atoms with E-state index in [1.165, 1.54) is 0 Å². The number of aliphatic hydroxyl groups excluding tert-OH is 1. The number of urea groups is 1. The fourth-order valence-electron chi connectivity index (χ4n) is 5.59. The second-order valence-corrected chi connectivity index (χ2v) is 12.3. The van der Waals surface area contributed by atoms with Crippen molar-refractivity contribution >= 4 is 11.7 Å². The average Bonchev–Trinajstić information content (AvgIpc) is 3.48. The summed E-state index contributed by atoms with van der Waals surface area (Å²) in [5.74, 6) is -2.95. The number of rotatable bonds is 9. The van der Waals surface area contributed by atoms with Crippen LogP contribution in [0.25, 0.3) is 0 Å². The lowest BCUT2D eigenvalue weighted by Gasteiger charge is -2.41. The van der Waals surface area contributed by atoms with Crippen LogP contribution in [-0.2, 0) is 25.1 Å². The smallest absolute Gasteiger partial charge is 0.388 e. The van der Waals surface area contributed by atoms with Crippen molar-refractivity contribution in [2.75, 3.05) is 5.32 Å². The zero-order valence-electron chi connectivity index (χ0n) is 24.8. The number of halogens is 5. The maximum atomic E-state index is 14.4. The van der Waals surface area contributed by atoms with E-state index in [0.717, 1.165) is 24.5 Å². The maximum absolute atomic E-state index is 14.4. The molecule has 0 bridgehead atoms. The van der Waals surface area contributed by atoms with Crippen LogP contribution in [0.2, 0.25) is 0 Å². The number of aliphatic hydroxyl groups is 1. The summed E-state index contributed by atoms with van der Waals surface area (Å²) in [4.78, 5) is 15.3. The lowest BCUT2D eigenvalue weighted by Crippen LogP contribution is -2.45. The number of anilines is 1. The van der Waals surface area contributed by atoms with Crippen molar-refractivity contribution in [1.82, 2.24) is 25.5 Å². The first kappa shape index (κ1) is 33.0. The van der Waals surface area contributed by atoms with E-state index in [1.807, 2.05) is 0 Å². The van der Waals surface area contributed by atoms with Crippen LogP contribution in [0.3, 0.4) is 0 Å². The largest absolute Gasteiger partial charge is 0.416 e. The number of nitrogens with zero attached hydrogens (tertiary/aromatic N) is 4. The molecule has 1 aliphatic carbocycles. The fraction of sp³-hybridized carbons (Fsp3) is 0.484. The standard InChI is InChI=1S/C31H37F5N6O2/c1-5-30(32,33)22-14-23(31(34,35)36)16-24(15-22)37-28(44)42(25-12-10-21(11-13-25)29(2,3)4)18-19-6-8-20(9-7-19)26(43)17-27-38-40-41-39-27/h5-9,14-16,21,25-26,43H,1,10-13,17-18H2,2-4H3,(H,37,44)(H,38,39,40,41). The molecule has 1 saturated carbocycles. The van der Waals surface area contributed by atoms with E-state index in [9.17, 15) is 31.9 Å². The molecule has 1 fully saturated rings. The molecule has 1 atom stereocenters. The normalized spacial score (nSPS) is 18.5. The Morgan fingerprint density at radius 2 is 1.70 bits per heavy atom. The molecule has 8 nitrogen and oxygen atoms in total. The SMILES string of the molecule is C=CC(F)(F)c1cc(NC(=O)N(Cc2ccc(C(O)Cc3nn[nH]n3)cc2)C2CCC(C(C)(C)C)CC2)cc(C(F)(F)F)c1. The highest BCUT2D eigenvalue weighted by Gasteiger charge is 2.37. The predicted octanol–water partition coefficient (Wildman–Crippen LogP) is 7.41. The van der Waals surface area contributed by atoms with Gasteiger partial charge in [-0.2, -0.15) is 27.2 Å². The van der Waals surface area contributed by atoms with Gasteiger partial charge in [0.25, 0.3) is 5.92 Å². The van der Waals surface area contributed by atoms with Crippen molar-refractivity contribution in [2.45, 2.75) is 83.7 Å². The molecule has 0 spiro atoms. The summed E-state index contributed by atoms with van der Waals surface area (Å²) < 4.78 is 69.7. The van der Waals surface area contributed by atoms with E-state index in [1.54, 1.807) is 29.2 Å². The summed E-state index contributed by atoms with van der Waals surface area (Å²) in [5, 5.41) is 26.5. The Morgan fingerprint density at radius 3 is 2.25 bits per heavy atom. The van der Waals surface area contributed by atoms with Crippen LogP contribution < -0.4 is 5.32 Å². The van der Waals surface area contributed by atoms with E-state index in [0.29, 0.717) is 42.3 Å². The van der Waals surface area contributed by atoms with Crippen molar-refractivity contribution in [3.05, 3.63) is 83.2 Å². The number of aromatic nitrogens is 4. The third kappa shape index (κ3) is 8.19. The molecule has 0 aliphatic heterocycles. The molecule has 3 N–H and O–H groups in total. The number of carbonyl (C=O) groups is 1. The van der Waals surface area contributed by atoms with Crippen LogP contribution in [-0.4, -0.2) is 42.7 Å². The maximum Gasteiger partial charge on any atom is 0.416 e. The molecule has 2 aromatic carbocycles. The number of allylic oxidation sites excluding steroid dienone is 1. The number of aromatic amines is 1. The molecule has 44 heavy (non-hydrogen) atoms. The number of hydrogen-bond donors (Lipinski definition) is 3.